The van der Waals surface area contributed by atoms with E-state index in [1.54, 1.807) is 11.3 Å². The number of carbonyl (C=O) groups is 1. The van der Waals surface area contributed by atoms with Gasteiger partial charge in [0.15, 0.2) is 0 Å². The summed E-state index contributed by atoms with van der Waals surface area (Å²) >= 11 is 7.85. The first-order valence-corrected chi connectivity index (χ1v) is 12.0. The summed E-state index contributed by atoms with van der Waals surface area (Å²) in [5.41, 5.74) is 4.78. The van der Waals surface area contributed by atoms with Gasteiger partial charge in [-0.25, -0.2) is 4.98 Å². The standard InChI is InChI=1S/C25H27ClN2O2S/c1-2-30-25(29)15-19-5-7-20(8-6-19)17-28-12-3-4-18(11-13-28)14-24-27-22-10-9-21(26)16-23(22)31-24/h4-10,16H,2-3,11-15,17H2,1H3. The SMILES string of the molecule is CCOC(=O)Cc1ccc(CN2CCC=C(Cc3nc4ccc(Cl)cc4s3)CC2)cc1. The molecule has 0 N–H and O–H groups in total. The van der Waals surface area contributed by atoms with Gasteiger partial charge in [-0.3, -0.25) is 9.69 Å². The van der Waals surface area contributed by atoms with E-state index in [4.69, 9.17) is 21.3 Å². The van der Waals surface area contributed by atoms with Crippen molar-refractivity contribution in [2.45, 2.75) is 39.2 Å². The fourth-order valence-corrected chi connectivity index (χ4v) is 5.20. The molecule has 1 aliphatic rings. The van der Waals surface area contributed by atoms with Crippen LogP contribution in [0.4, 0.5) is 0 Å². The number of fused-ring (bicyclic) bond motifs is 1. The van der Waals surface area contributed by atoms with Crippen molar-refractivity contribution in [3.8, 4) is 0 Å². The van der Waals surface area contributed by atoms with Crippen molar-refractivity contribution in [1.29, 1.82) is 0 Å². The molecular formula is C25H27ClN2O2S. The maximum atomic E-state index is 11.6. The number of esters is 1. The molecule has 0 aliphatic carbocycles. The summed E-state index contributed by atoms with van der Waals surface area (Å²) in [5.74, 6) is -0.169. The van der Waals surface area contributed by atoms with Crippen molar-refractivity contribution in [2.24, 2.45) is 0 Å². The smallest absolute Gasteiger partial charge is 0.310 e. The Hall–Kier alpha value is -2.21. The number of benzene rings is 2. The first-order valence-electron chi connectivity index (χ1n) is 10.8. The second-order valence-corrected chi connectivity index (χ2v) is 9.42. The molecule has 31 heavy (non-hydrogen) atoms. The highest BCUT2D eigenvalue weighted by Gasteiger charge is 2.14. The summed E-state index contributed by atoms with van der Waals surface area (Å²) in [6.07, 6.45) is 5.78. The van der Waals surface area contributed by atoms with Crippen molar-refractivity contribution < 1.29 is 9.53 Å². The lowest BCUT2D eigenvalue weighted by Crippen LogP contribution is -2.24. The third-order valence-corrected chi connectivity index (χ3v) is 6.74. The average Bonchev–Trinajstić information content (AvgIpc) is 3.01. The predicted molar refractivity (Wildman–Crippen MR) is 128 cm³/mol. The van der Waals surface area contributed by atoms with Crippen LogP contribution in [0.3, 0.4) is 0 Å². The molecule has 3 aromatic rings. The normalized spacial score (nSPS) is 15.0. The second kappa shape index (κ2) is 10.4. The fraction of sp³-hybridized carbons (Fsp3) is 0.360. The number of ether oxygens (including phenoxy) is 1. The minimum atomic E-state index is -0.169. The summed E-state index contributed by atoms with van der Waals surface area (Å²) < 4.78 is 6.18. The molecule has 1 aliphatic heterocycles. The molecule has 0 unspecified atom stereocenters. The monoisotopic (exact) mass is 454 g/mol. The van der Waals surface area contributed by atoms with Gasteiger partial charge in [0.25, 0.3) is 0 Å². The number of thiazole rings is 1. The molecule has 0 saturated heterocycles. The first kappa shape index (κ1) is 22.0. The van der Waals surface area contributed by atoms with Gasteiger partial charge in [-0.2, -0.15) is 0 Å². The molecule has 2 heterocycles. The van der Waals surface area contributed by atoms with Crippen LogP contribution in [-0.4, -0.2) is 35.5 Å². The Morgan fingerprint density at radius 2 is 1.97 bits per heavy atom. The third kappa shape index (κ3) is 6.16. The van der Waals surface area contributed by atoms with E-state index < -0.39 is 0 Å². The maximum absolute atomic E-state index is 11.6. The van der Waals surface area contributed by atoms with Gasteiger partial charge >= 0.3 is 5.97 Å². The van der Waals surface area contributed by atoms with Gasteiger partial charge < -0.3 is 4.74 Å². The summed E-state index contributed by atoms with van der Waals surface area (Å²) in [6.45, 7) is 5.30. The van der Waals surface area contributed by atoms with E-state index in [1.165, 1.54) is 11.1 Å². The number of halogens is 1. The molecule has 4 nitrogen and oxygen atoms in total. The molecule has 2 aromatic carbocycles. The highest BCUT2D eigenvalue weighted by molar-refractivity contribution is 7.18. The van der Waals surface area contributed by atoms with Crippen LogP contribution in [0.15, 0.2) is 54.1 Å². The van der Waals surface area contributed by atoms with Gasteiger partial charge in [0, 0.05) is 31.1 Å². The van der Waals surface area contributed by atoms with Crippen molar-refractivity contribution in [3.63, 3.8) is 0 Å². The Labute approximate surface area is 192 Å². The molecule has 162 valence electrons. The van der Waals surface area contributed by atoms with Crippen LogP contribution in [0, 0.1) is 0 Å². The predicted octanol–water partition coefficient (Wildman–Crippen LogP) is 5.82. The van der Waals surface area contributed by atoms with Crippen molar-refractivity contribution >= 4 is 39.1 Å². The zero-order chi connectivity index (χ0) is 21.6. The van der Waals surface area contributed by atoms with Crippen molar-refractivity contribution in [2.75, 3.05) is 19.7 Å². The van der Waals surface area contributed by atoms with E-state index in [-0.39, 0.29) is 5.97 Å². The lowest BCUT2D eigenvalue weighted by atomic mass is 10.1. The van der Waals surface area contributed by atoms with Crippen LogP contribution >= 0.6 is 22.9 Å². The van der Waals surface area contributed by atoms with Crippen molar-refractivity contribution in [1.82, 2.24) is 9.88 Å². The number of nitrogens with zero attached hydrogens (tertiary/aromatic N) is 2. The number of carbonyl (C=O) groups excluding carboxylic acids is 1. The van der Waals surface area contributed by atoms with Crippen LogP contribution < -0.4 is 0 Å². The van der Waals surface area contributed by atoms with Gasteiger partial charge in [0.05, 0.1) is 28.3 Å². The lowest BCUT2D eigenvalue weighted by Gasteiger charge is -2.20. The first-order chi connectivity index (χ1) is 15.1. The van der Waals surface area contributed by atoms with Gasteiger partial charge in [0.1, 0.15) is 0 Å². The minimum absolute atomic E-state index is 0.169. The number of aromatic nitrogens is 1. The Morgan fingerprint density at radius 3 is 2.77 bits per heavy atom. The molecule has 0 spiro atoms. The van der Waals surface area contributed by atoms with E-state index in [1.807, 2.05) is 37.3 Å². The maximum Gasteiger partial charge on any atom is 0.310 e. The minimum Gasteiger partial charge on any atom is -0.466 e. The van der Waals surface area contributed by atoms with Gasteiger partial charge in [-0.15, -0.1) is 11.3 Å². The van der Waals surface area contributed by atoms with E-state index in [2.05, 4.69) is 23.1 Å². The Morgan fingerprint density at radius 1 is 1.16 bits per heavy atom. The fourth-order valence-electron chi connectivity index (χ4n) is 3.90. The van der Waals surface area contributed by atoms with E-state index in [9.17, 15) is 4.79 Å². The molecule has 4 rings (SSSR count). The zero-order valence-corrected chi connectivity index (χ0v) is 19.3. The summed E-state index contributed by atoms with van der Waals surface area (Å²) in [4.78, 5) is 18.9. The highest BCUT2D eigenvalue weighted by atomic mass is 35.5. The lowest BCUT2D eigenvalue weighted by molar-refractivity contribution is -0.142. The number of rotatable bonds is 7. The summed E-state index contributed by atoms with van der Waals surface area (Å²) in [7, 11) is 0. The molecular weight excluding hydrogens is 428 g/mol. The second-order valence-electron chi connectivity index (χ2n) is 7.87. The molecule has 0 amide bonds. The van der Waals surface area contributed by atoms with Crippen LogP contribution in [0.5, 0.6) is 0 Å². The largest absolute Gasteiger partial charge is 0.466 e. The molecule has 6 heteroatoms. The third-order valence-electron chi connectivity index (χ3n) is 5.48. The molecule has 0 radical (unpaired) electrons. The zero-order valence-electron chi connectivity index (χ0n) is 17.8. The van der Waals surface area contributed by atoms with Crippen LogP contribution in [0.2, 0.25) is 5.02 Å². The Bertz CT molecular complexity index is 1070. The quantitative estimate of drug-likeness (QED) is 0.333. The average molecular weight is 455 g/mol. The van der Waals surface area contributed by atoms with E-state index in [0.29, 0.717) is 13.0 Å². The topological polar surface area (TPSA) is 42.4 Å². The van der Waals surface area contributed by atoms with Crippen LogP contribution in [-0.2, 0) is 28.9 Å². The Balaban J connectivity index is 1.30. The van der Waals surface area contributed by atoms with Gasteiger partial charge in [-0.05, 0) is 49.1 Å². The summed E-state index contributed by atoms with van der Waals surface area (Å²) in [5, 5.41) is 1.93. The molecule has 1 aromatic heterocycles. The summed E-state index contributed by atoms with van der Waals surface area (Å²) in [6, 6.07) is 14.2. The van der Waals surface area contributed by atoms with Gasteiger partial charge in [-0.1, -0.05) is 47.5 Å². The number of hydrogen-bond acceptors (Lipinski definition) is 5. The van der Waals surface area contributed by atoms with E-state index in [0.717, 1.165) is 64.7 Å². The van der Waals surface area contributed by atoms with Crippen molar-refractivity contribution in [3.05, 3.63) is 75.3 Å². The molecule has 0 bridgehead atoms. The number of hydrogen-bond donors (Lipinski definition) is 0. The Kier molecular flexibility index (Phi) is 7.38. The molecule has 0 fully saturated rings. The highest BCUT2D eigenvalue weighted by Crippen LogP contribution is 2.28. The van der Waals surface area contributed by atoms with Crippen LogP contribution in [0.25, 0.3) is 10.2 Å². The van der Waals surface area contributed by atoms with Gasteiger partial charge in [0.2, 0.25) is 0 Å². The van der Waals surface area contributed by atoms with E-state index >= 15 is 0 Å². The molecule has 0 saturated carbocycles. The van der Waals surface area contributed by atoms with Crippen LogP contribution in [0.1, 0.15) is 35.9 Å². The molecule has 0 atom stereocenters.